The Hall–Kier alpha value is -2.21. The van der Waals surface area contributed by atoms with Crippen LogP contribution in [0.1, 0.15) is 25.2 Å². The van der Waals surface area contributed by atoms with E-state index in [1.54, 1.807) is 6.92 Å². The minimum Gasteiger partial charge on any atom is -0.421 e. The zero-order valence-corrected chi connectivity index (χ0v) is 11.9. The van der Waals surface area contributed by atoms with E-state index in [1.165, 1.54) is 0 Å². The summed E-state index contributed by atoms with van der Waals surface area (Å²) in [6.07, 6.45) is 3.07. The number of nitrogens with one attached hydrogen (secondary N) is 2. The van der Waals surface area contributed by atoms with Crippen molar-refractivity contribution in [3.63, 3.8) is 0 Å². The van der Waals surface area contributed by atoms with Gasteiger partial charge in [-0.3, -0.25) is 4.79 Å². The molecule has 21 heavy (non-hydrogen) atoms. The number of para-hydroxylation sites is 1. The zero-order chi connectivity index (χ0) is 14.7. The van der Waals surface area contributed by atoms with E-state index in [0.717, 1.165) is 31.4 Å². The Morgan fingerprint density at radius 2 is 2.19 bits per heavy atom. The van der Waals surface area contributed by atoms with Crippen LogP contribution in [0, 0.1) is 6.92 Å². The highest BCUT2D eigenvalue weighted by molar-refractivity contribution is 5.97. The van der Waals surface area contributed by atoms with Crippen LogP contribution >= 0.6 is 0 Å². The van der Waals surface area contributed by atoms with Crippen molar-refractivity contribution in [2.45, 2.75) is 32.2 Å². The van der Waals surface area contributed by atoms with E-state index in [0.29, 0.717) is 17.5 Å². The molecule has 0 aliphatic carbocycles. The number of nitrogens with zero attached hydrogens (tertiary/aromatic N) is 2. The van der Waals surface area contributed by atoms with Crippen molar-refractivity contribution in [3.05, 3.63) is 30.2 Å². The molecule has 1 aliphatic heterocycles. The summed E-state index contributed by atoms with van der Waals surface area (Å²) in [6.45, 7) is 2.63. The molecular formula is C15H18N4O2. The minimum absolute atomic E-state index is 0.0154. The molecule has 1 unspecified atom stereocenters. The SMILES string of the molecule is Cc1nnc(-c2ccccc2NC(=O)C2CCCCN2)o1. The molecule has 0 saturated carbocycles. The summed E-state index contributed by atoms with van der Waals surface area (Å²) in [5.74, 6) is 0.901. The first-order valence-electron chi connectivity index (χ1n) is 7.18. The van der Waals surface area contributed by atoms with E-state index in [1.807, 2.05) is 24.3 Å². The van der Waals surface area contributed by atoms with Gasteiger partial charge in [0.2, 0.25) is 17.7 Å². The predicted octanol–water partition coefficient (Wildman–Crippen LogP) is 2.13. The van der Waals surface area contributed by atoms with Gasteiger partial charge in [0.1, 0.15) is 0 Å². The molecule has 3 rings (SSSR count). The van der Waals surface area contributed by atoms with Crippen molar-refractivity contribution in [1.82, 2.24) is 15.5 Å². The number of rotatable bonds is 3. The normalized spacial score (nSPS) is 18.4. The number of amides is 1. The number of hydrogen-bond donors (Lipinski definition) is 2. The summed E-state index contributed by atoms with van der Waals surface area (Å²) < 4.78 is 5.45. The molecule has 0 spiro atoms. The minimum atomic E-state index is -0.128. The molecule has 2 N–H and O–H groups in total. The van der Waals surface area contributed by atoms with Crippen molar-refractivity contribution >= 4 is 11.6 Å². The first-order chi connectivity index (χ1) is 10.2. The fourth-order valence-electron chi connectivity index (χ4n) is 2.48. The number of aromatic nitrogens is 2. The van der Waals surface area contributed by atoms with Gasteiger partial charge < -0.3 is 15.1 Å². The number of hydrogen-bond acceptors (Lipinski definition) is 5. The Balaban J connectivity index is 1.80. The van der Waals surface area contributed by atoms with Crippen molar-refractivity contribution in [1.29, 1.82) is 0 Å². The van der Waals surface area contributed by atoms with Crippen molar-refractivity contribution in [3.8, 4) is 11.5 Å². The zero-order valence-electron chi connectivity index (χ0n) is 11.9. The molecule has 1 saturated heterocycles. The molecule has 1 amide bonds. The van der Waals surface area contributed by atoms with Gasteiger partial charge in [-0.15, -0.1) is 10.2 Å². The molecule has 1 atom stereocenters. The molecule has 0 bridgehead atoms. The maximum absolute atomic E-state index is 12.3. The number of carbonyl (C=O) groups excluding carboxylic acids is 1. The summed E-state index contributed by atoms with van der Waals surface area (Å²) in [6, 6.07) is 7.32. The number of aryl methyl sites for hydroxylation is 1. The first-order valence-corrected chi connectivity index (χ1v) is 7.18. The average molecular weight is 286 g/mol. The third kappa shape index (κ3) is 3.11. The summed E-state index contributed by atoms with van der Waals surface area (Å²) in [5, 5.41) is 14.0. The largest absolute Gasteiger partial charge is 0.421 e. The van der Waals surface area contributed by atoms with Crippen LogP contribution in [0.25, 0.3) is 11.5 Å². The third-order valence-electron chi connectivity index (χ3n) is 3.57. The predicted molar refractivity (Wildman–Crippen MR) is 78.7 cm³/mol. The molecule has 2 aromatic rings. The van der Waals surface area contributed by atoms with Crippen LogP contribution in [0.5, 0.6) is 0 Å². The highest BCUT2D eigenvalue weighted by Gasteiger charge is 2.22. The van der Waals surface area contributed by atoms with Crippen LogP contribution < -0.4 is 10.6 Å². The van der Waals surface area contributed by atoms with Gasteiger partial charge in [-0.25, -0.2) is 0 Å². The number of benzene rings is 1. The van der Waals surface area contributed by atoms with E-state index in [9.17, 15) is 4.79 Å². The highest BCUT2D eigenvalue weighted by atomic mass is 16.4. The van der Waals surface area contributed by atoms with Crippen molar-refractivity contribution in [2.24, 2.45) is 0 Å². The standard InChI is InChI=1S/C15H18N4O2/c1-10-18-19-15(21-10)11-6-2-3-7-12(11)17-14(20)13-8-4-5-9-16-13/h2-3,6-7,13,16H,4-5,8-9H2,1H3,(H,17,20). The summed E-state index contributed by atoms with van der Waals surface area (Å²) in [7, 11) is 0. The lowest BCUT2D eigenvalue weighted by Crippen LogP contribution is -2.43. The molecule has 110 valence electrons. The number of anilines is 1. The maximum atomic E-state index is 12.3. The quantitative estimate of drug-likeness (QED) is 0.903. The lowest BCUT2D eigenvalue weighted by Gasteiger charge is -2.22. The fraction of sp³-hybridized carbons (Fsp3) is 0.400. The Morgan fingerprint density at radius 3 is 2.90 bits per heavy atom. The lowest BCUT2D eigenvalue weighted by molar-refractivity contribution is -0.118. The van der Waals surface area contributed by atoms with E-state index in [-0.39, 0.29) is 11.9 Å². The summed E-state index contributed by atoms with van der Waals surface area (Å²) >= 11 is 0. The van der Waals surface area contributed by atoms with Crippen molar-refractivity contribution in [2.75, 3.05) is 11.9 Å². The molecular weight excluding hydrogens is 268 g/mol. The van der Waals surface area contributed by atoms with Crippen LogP contribution in [0.2, 0.25) is 0 Å². The molecule has 1 aliphatic rings. The summed E-state index contributed by atoms with van der Waals surface area (Å²) in [5.41, 5.74) is 1.43. The van der Waals surface area contributed by atoms with Crippen LogP contribution in [0.4, 0.5) is 5.69 Å². The van der Waals surface area contributed by atoms with Gasteiger partial charge in [0, 0.05) is 6.92 Å². The van der Waals surface area contributed by atoms with E-state index >= 15 is 0 Å². The van der Waals surface area contributed by atoms with E-state index in [4.69, 9.17) is 4.42 Å². The third-order valence-corrected chi connectivity index (χ3v) is 3.57. The van der Waals surface area contributed by atoms with Gasteiger partial charge in [-0.05, 0) is 31.5 Å². The highest BCUT2D eigenvalue weighted by Crippen LogP contribution is 2.27. The second-order valence-electron chi connectivity index (χ2n) is 5.16. The van der Waals surface area contributed by atoms with Crippen LogP contribution in [-0.2, 0) is 4.79 Å². The molecule has 6 heteroatoms. The maximum Gasteiger partial charge on any atom is 0.249 e. The Morgan fingerprint density at radius 1 is 1.33 bits per heavy atom. The molecule has 0 radical (unpaired) electrons. The molecule has 1 aromatic heterocycles. The Kier molecular flexibility index (Phi) is 3.96. The average Bonchev–Trinajstić information content (AvgIpc) is 2.95. The smallest absolute Gasteiger partial charge is 0.249 e. The number of piperidine rings is 1. The Labute approximate surface area is 123 Å². The lowest BCUT2D eigenvalue weighted by atomic mass is 10.0. The topological polar surface area (TPSA) is 80.0 Å². The molecule has 2 heterocycles. The van der Waals surface area contributed by atoms with Gasteiger partial charge >= 0.3 is 0 Å². The second kappa shape index (κ2) is 6.05. The molecule has 1 fully saturated rings. The van der Waals surface area contributed by atoms with Crippen LogP contribution in [0.3, 0.4) is 0 Å². The second-order valence-corrected chi connectivity index (χ2v) is 5.16. The molecule has 1 aromatic carbocycles. The van der Waals surface area contributed by atoms with Gasteiger partial charge in [-0.2, -0.15) is 0 Å². The van der Waals surface area contributed by atoms with Crippen LogP contribution in [0.15, 0.2) is 28.7 Å². The first kappa shape index (κ1) is 13.8. The van der Waals surface area contributed by atoms with Gasteiger partial charge in [0.15, 0.2) is 0 Å². The van der Waals surface area contributed by atoms with Crippen LogP contribution in [-0.4, -0.2) is 28.7 Å². The Bertz CT molecular complexity index is 632. The van der Waals surface area contributed by atoms with Gasteiger partial charge in [0.05, 0.1) is 17.3 Å². The van der Waals surface area contributed by atoms with Crippen molar-refractivity contribution < 1.29 is 9.21 Å². The summed E-state index contributed by atoms with van der Waals surface area (Å²) in [4.78, 5) is 12.3. The van der Waals surface area contributed by atoms with Gasteiger partial charge in [-0.1, -0.05) is 18.6 Å². The monoisotopic (exact) mass is 286 g/mol. The fourth-order valence-corrected chi connectivity index (χ4v) is 2.48. The van der Waals surface area contributed by atoms with Gasteiger partial charge in [0.25, 0.3) is 0 Å². The number of carbonyl (C=O) groups is 1. The molecule has 6 nitrogen and oxygen atoms in total. The van der Waals surface area contributed by atoms with E-state index < -0.39 is 0 Å². The van der Waals surface area contributed by atoms with E-state index in [2.05, 4.69) is 20.8 Å².